The molecule has 0 aliphatic heterocycles. The van der Waals surface area contributed by atoms with Crippen molar-refractivity contribution in [2.24, 2.45) is 0 Å². The van der Waals surface area contributed by atoms with Gasteiger partial charge in [-0.25, -0.2) is 4.98 Å². The van der Waals surface area contributed by atoms with Gasteiger partial charge in [0.2, 0.25) is 5.89 Å². The van der Waals surface area contributed by atoms with Gasteiger partial charge in [-0.3, -0.25) is 9.36 Å². The number of aromatic nitrogens is 1. The number of benzene rings is 1. The first-order chi connectivity index (χ1) is 10.1. The smallest absolute Gasteiger partial charge is 0.339 e. The van der Waals surface area contributed by atoms with E-state index in [1.807, 2.05) is 30.3 Å². The number of aliphatic carboxylic acids is 1. The Labute approximate surface area is 142 Å². The van der Waals surface area contributed by atoms with Crippen molar-refractivity contribution < 1.29 is 18.9 Å². The second kappa shape index (κ2) is 8.02. The van der Waals surface area contributed by atoms with Crippen LogP contribution < -0.4 is 0 Å². The minimum absolute atomic E-state index is 0.464. The second-order valence-electron chi connectivity index (χ2n) is 4.29. The Morgan fingerprint density at radius 1 is 1.27 bits per heavy atom. The molecule has 22 heavy (non-hydrogen) atoms. The van der Waals surface area contributed by atoms with E-state index in [0.717, 1.165) is 5.56 Å². The lowest BCUT2D eigenvalue weighted by atomic mass is 10.1. The molecule has 2 aromatic rings. The Bertz CT molecular complexity index is 676. The fraction of sp³-hybridized carbons (Fsp3) is 0.231. The van der Waals surface area contributed by atoms with Gasteiger partial charge >= 0.3 is 11.2 Å². The molecular formula is C13H13Cl3NO4P. The summed E-state index contributed by atoms with van der Waals surface area (Å²) in [5, 5.41) is 5.74. The molecule has 9 heteroatoms. The van der Waals surface area contributed by atoms with Crippen LogP contribution in [-0.2, 0) is 9.36 Å². The van der Waals surface area contributed by atoms with E-state index < -0.39 is 17.1 Å². The summed E-state index contributed by atoms with van der Waals surface area (Å²) in [5.74, 6) is -0.540. The van der Waals surface area contributed by atoms with Gasteiger partial charge in [-0.05, 0) is 59.7 Å². The molecule has 1 aromatic carbocycles. The van der Waals surface area contributed by atoms with Crippen LogP contribution in [0.3, 0.4) is 0 Å². The van der Waals surface area contributed by atoms with Crippen molar-refractivity contribution >= 4 is 44.9 Å². The summed E-state index contributed by atoms with van der Waals surface area (Å²) < 4.78 is 15.0. The molecule has 2 rings (SSSR count). The fourth-order valence-corrected chi connectivity index (χ4v) is 1.63. The van der Waals surface area contributed by atoms with Crippen LogP contribution in [0.4, 0.5) is 0 Å². The first kappa shape index (κ1) is 19.0. The largest absolute Gasteiger partial charge is 0.481 e. The molecule has 1 N–H and O–H groups in total. The van der Waals surface area contributed by atoms with Gasteiger partial charge in [0.1, 0.15) is 5.76 Å². The Kier molecular flexibility index (Phi) is 6.95. The van der Waals surface area contributed by atoms with Gasteiger partial charge < -0.3 is 9.52 Å². The van der Waals surface area contributed by atoms with Gasteiger partial charge in [-0.2, -0.15) is 0 Å². The van der Waals surface area contributed by atoms with E-state index in [9.17, 15) is 9.36 Å². The first-order valence-electron chi connectivity index (χ1n) is 6.04. The zero-order valence-electron chi connectivity index (χ0n) is 11.7. The summed E-state index contributed by atoms with van der Waals surface area (Å²) >= 11 is 13.8. The molecule has 0 radical (unpaired) electrons. The molecule has 1 atom stereocenters. The van der Waals surface area contributed by atoms with Gasteiger partial charge in [-0.1, -0.05) is 18.2 Å². The average molecular weight is 385 g/mol. The van der Waals surface area contributed by atoms with E-state index in [4.69, 9.17) is 9.52 Å². The van der Waals surface area contributed by atoms with Crippen molar-refractivity contribution in [1.29, 1.82) is 0 Å². The van der Waals surface area contributed by atoms with Crippen LogP contribution >= 0.6 is 38.9 Å². The molecule has 1 aromatic heterocycles. The average Bonchev–Trinajstić information content (AvgIpc) is 2.79. The van der Waals surface area contributed by atoms with Crippen LogP contribution in [0, 0.1) is 6.92 Å². The van der Waals surface area contributed by atoms with Crippen LogP contribution in [0.25, 0.3) is 11.5 Å². The topological polar surface area (TPSA) is 80.4 Å². The van der Waals surface area contributed by atoms with Crippen LogP contribution in [-0.4, -0.2) is 16.1 Å². The lowest BCUT2D eigenvalue weighted by Crippen LogP contribution is -2.08. The molecule has 0 fully saturated rings. The maximum Gasteiger partial charge on any atom is 0.339 e. The number of halogens is 3. The highest BCUT2D eigenvalue weighted by molar-refractivity contribution is 8.24. The summed E-state index contributed by atoms with van der Waals surface area (Å²) in [7, 11) is 0. The minimum atomic E-state index is -3.22. The predicted molar refractivity (Wildman–Crippen MR) is 87.9 cm³/mol. The third kappa shape index (κ3) is 6.41. The molecule has 120 valence electrons. The first-order valence-corrected chi connectivity index (χ1v) is 10.5. The molecule has 5 nitrogen and oxygen atoms in total. The number of carbonyl (C=O) groups is 1. The SMILES string of the molecule is Cc1oc(-c2ccccc2)nc1C(C)C(=O)O.O=P(Cl)(Cl)Cl. The number of oxazole rings is 1. The predicted octanol–water partition coefficient (Wildman–Crippen LogP) is 5.65. The van der Waals surface area contributed by atoms with Gasteiger partial charge in [0.05, 0.1) is 11.6 Å². The molecule has 0 aliphatic carbocycles. The number of nitrogens with zero attached hydrogens (tertiary/aromatic N) is 1. The van der Waals surface area contributed by atoms with Crippen LogP contribution in [0.2, 0.25) is 0 Å². The zero-order valence-corrected chi connectivity index (χ0v) is 14.8. The Morgan fingerprint density at radius 3 is 2.23 bits per heavy atom. The van der Waals surface area contributed by atoms with E-state index in [2.05, 4.69) is 38.7 Å². The molecule has 0 amide bonds. The normalized spacial score (nSPS) is 12.2. The summed E-state index contributed by atoms with van der Waals surface area (Å²) in [6.07, 6.45) is 0. The lowest BCUT2D eigenvalue weighted by Gasteiger charge is -2.00. The van der Waals surface area contributed by atoms with Crippen molar-refractivity contribution in [3.05, 3.63) is 41.8 Å². The summed E-state index contributed by atoms with van der Waals surface area (Å²) in [4.78, 5) is 15.2. The number of hydrogen-bond acceptors (Lipinski definition) is 4. The molecule has 0 spiro atoms. The van der Waals surface area contributed by atoms with E-state index in [1.54, 1.807) is 13.8 Å². The number of carboxylic acids is 1. The molecule has 1 unspecified atom stereocenters. The van der Waals surface area contributed by atoms with E-state index >= 15 is 0 Å². The van der Waals surface area contributed by atoms with E-state index in [1.165, 1.54) is 0 Å². The van der Waals surface area contributed by atoms with Crippen LogP contribution in [0.15, 0.2) is 34.7 Å². The van der Waals surface area contributed by atoms with Gasteiger partial charge in [-0.15, -0.1) is 0 Å². The van der Waals surface area contributed by atoms with Crippen molar-refractivity contribution in [3.63, 3.8) is 0 Å². The third-order valence-electron chi connectivity index (χ3n) is 2.63. The monoisotopic (exact) mass is 383 g/mol. The lowest BCUT2D eigenvalue weighted by molar-refractivity contribution is -0.138. The number of aryl methyl sites for hydroxylation is 1. The van der Waals surface area contributed by atoms with Crippen molar-refractivity contribution in [1.82, 2.24) is 4.98 Å². The van der Waals surface area contributed by atoms with Crippen molar-refractivity contribution in [2.45, 2.75) is 19.8 Å². The number of hydrogen-bond donors (Lipinski definition) is 1. The fourth-order valence-electron chi connectivity index (χ4n) is 1.63. The molecule has 1 heterocycles. The standard InChI is InChI=1S/C13H13NO3.Cl3OP/c1-8(13(15)16)11-9(2)17-12(14-11)10-6-4-3-5-7-10;1-5(2,3)4/h3-8H,1-2H3,(H,15,16);. The molecular weight excluding hydrogens is 371 g/mol. The van der Waals surface area contributed by atoms with Crippen LogP contribution in [0.1, 0.15) is 24.3 Å². The molecule has 0 bridgehead atoms. The zero-order chi connectivity index (χ0) is 16.9. The summed E-state index contributed by atoms with van der Waals surface area (Å²) in [6, 6.07) is 9.42. The maximum absolute atomic E-state index is 10.9. The van der Waals surface area contributed by atoms with Gasteiger partial charge in [0.15, 0.2) is 0 Å². The summed E-state index contributed by atoms with van der Waals surface area (Å²) in [5.41, 5.74) is 1.33. The maximum atomic E-state index is 10.9. The van der Waals surface area contributed by atoms with Gasteiger partial charge in [0, 0.05) is 5.56 Å². The van der Waals surface area contributed by atoms with Crippen LogP contribution in [0.5, 0.6) is 0 Å². The Balaban J connectivity index is 0.000000422. The Hall–Kier alpha value is -1.00. The number of carboxylic acid groups (broad SMARTS) is 1. The van der Waals surface area contributed by atoms with E-state index in [0.29, 0.717) is 17.3 Å². The quantitative estimate of drug-likeness (QED) is 0.692. The highest BCUT2D eigenvalue weighted by Crippen LogP contribution is 2.61. The molecule has 0 saturated carbocycles. The highest BCUT2D eigenvalue weighted by Gasteiger charge is 2.22. The molecule has 0 saturated heterocycles. The van der Waals surface area contributed by atoms with E-state index in [-0.39, 0.29) is 0 Å². The highest BCUT2D eigenvalue weighted by atomic mass is 36.0. The van der Waals surface area contributed by atoms with Crippen molar-refractivity contribution in [3.8, 4) is 11.5 Å². The minimum Gasteiger partial charge on any atom is -0.481 e. The van der Waals surface area contributed by atoms with Gasteiger partial charge in [0.25, 0.3) is 0 Å². The summed E-state index contributed by atoms with van der Waals surface area (Å²) in [6.45, 7) is 3.33. The second-order valence-corrected chi connectivity index (χ2v) is 10.9. The molecule has 0 aliphatic rings. The number of rotatable bonds is 3. The Morgan fingerprint density at radius 2 is 1.77 bits per heavy atom. The third-order valence-corrected chi connectivity index (χ3v) is 2.63. The van der Waals surface area contributed by atoms with Crippen molar-refractivity contribution in [2.75, 3.05) is 0 Å².